The predicted molar refractivity (Wildman–Crippen MR) is 98.8 cm³/mol. The number of rotatable bonds is 6. The van der Waals surface area contributed by atoms with Crippen LogP contribution in [0.25, 0.3) is 5.76 Å². The summed E-state index contributed by atoms with van der Waals surface area (Å²) in [4.78, 5) is 37.4. The van der Waals surface area contributed by atoms with Crippen molar-refractivity contribution >= 4 is 23.4 Å². The summed E-state index contributed by atoms with van der Waals surface area (Å²) in [6.07, 6.45) is 0.111. The van der Waals surface area contributed by atoms with E-state index in [4.69, 9.17) is 5.11 Å². The number of amides is 1. The van der Waals surface area contributed by atoms with Crippen molar-refractivity contribution < 1.29 is 24.6 Å². The Balaban J connectivity index is 2.07. The van der Waals surface area contributed by atoms with Crippen molar-refractivity contribution in [3.05, 3.63) is 77.4 Å². The first-order valence-electron chi connectivity index (χ1n) is 8.61. The fraction of sp³-hybridized carbons (Fsp3) is 0.190. The van der Waals surface area contributed by atoms with Crippen LogP contribution in [0.2, 0.25) is 0 Å². The number of aliphatic carboxylic acids is 1. The van der Waals surface area contributed by atoms with Crippen molar-refractivity contribution in [1.29, 1.82) is 0 Å². The summed E-state index contributed by atoms with van der Waals surface area (Å²) in [5.74, 6) is -2.69. The average molecular weight is 365 g/mol. The third kappa shape index (κ3) is 3.74. The van der Waals surface area contributed by atoms with Gasteiger partial charge in [0.05, 0.1) is 11.6 Å². The molecule has 1 saturated heterocycles. The van der Waals surface area contributed by atoms with E-state index < -0.39 is 23.7 Å². The third-order valence-electron chi connectivity index (χ3n) is 4.49. The number of likely N-dealkylation sites (tertiary alicyclic amines) is 1. The van der Waals surface area contributed by atoms with E-state index in [0.29, 0.717) is 11.1 Å². The average Bonchev–Trinajstić information content (AvgIpc) is 2.93. The molecule has 1 aliphatic rings. The summed E-state index contributed by atoms with van der Waals surface area (Å²) < 4.78 is 0. The van der Waals surface area contributed by atoms with E-state index >= 15 is 0 Å². The summed E-state index contributed by atoms with van der Waals surface area (Å²) in [5.41, 5.74) is 1.15. The topological polar surface area (TPSA) is 94.9 Å². The number of hydrogen-bond donors (Lipinski definition) is 2. The molecule has 0 bridgehead atoms. The van der Waals surface area contributed by atoms with Crippen molar-refractivity contribution in [3.8, 4) is 0 Å². The molecule has 1 amide bonds. The number of carbonyl (C=O) groups is 3. The quantitative estimate of drug-likeness (QED) is 0.466. The molecule has 1 aliphatic heterocycles. The summed E-state index contributed by atoms with van der Waals surface area (Å²) >= 11 is 0. The normalized spacial score (nSPS) is 18.7. The van der Waals surface area contributed by atoms with E-state index in [2.05, 4.69) is 0 Å². The zero-order chi connectivity index (χ0) is 19.4. The summed E-state index contributed by atoms with van der Waals surface area (Å²) in [7, 11) is 0. The van der Waals surface area contributed by atoms with Crippen LogP contribution in [0.3, 0.4) is 0 Å². The first kappa shape index (κ1) is 18.4. The standard InChI is InChI=1S/C21H19NO5/c23-16(24)12-7-13-22-18(14-8-3-1-4-9-14)17(20(26)21(22)27)19(25)15-10-5-2-6-11-15/h1-6,8-11,18,25H,7,12-13H2,(H,23,24)/b19-17+/t18-/m1/s1. The van der Waals surface area contributed by atoms with Crippen molar-refractivity contribution in [2.24, 2.45) is 0 Å². The molecule has 0 spiro atoms. The van der Waals surface area contributed by atoms with Gasteiger partial charge in [0, 0.05) is 18.5 Å². The molecule has 1 heterocycles. The van der Waals surface area contributed by atoms with Gasteiger partial charge in [-0.3, -0.25) is 14.4 Å². The number of benzene rings is 2. The molecule has 2 N–H and O–H groups in total. The molecule has 6 nitrogen and oxygen atoms in total. The molecule has 0 unspecified atom stereocenters. The Morgan fingerprint density at radius 3 is 2.11 bits per heavy atom. The summed E-state index contributed by atoms with van der Waals surface area (Å²) in [5, 5.41) is 19.6. The van der Waals surface area contributed by atoms with Crippen LogP contribution in [-0.4, -0.2) is 39.3 Å². The highest BCUT2D eigenvalue weighted by Crippen LogP contribution is 2.39. The molecular formula is C21H19NO5. The van der Waals surface area contributed by atoms with Crippen LogP contribution >= 0.6 is 0 Å². The molecule has 0 aliphatic carbocycles. The van der Waals surface area contributed by atoms with E-state index in [-0.39, 0.29) is 30.7 Å². The van der Waals surface area contributed by atoms with Crippen LogP contribution in [0.5, 0.6) is 0 Å². The molecule has 3 rings (SSSR count). The van der Waals surface area contributed by atoms with Gasteiger partial charge in [-0.1, -0.05) is 60.7 Å². The number of ketones is 1. The van der Waals surface area contributed by atoms with Gasteiger partial charge >= 0.3 is 5.97 Å². The Labute approximate surface area is 156 Å². The van der Waals surface area contributed by atoms with Crippen molar-refractivity contribution in [2.75, 3.05) is 6.54 Å². The van der Waals surface area contributed by atoms with Gasteiger partial charge < -0.3 is 15.1 Å². The number of aliphatic hydroxyl groups is 1. The number of carbonyl (C=O) groups excluding carboxylic acids is 2. The molecule has 1 atom stereocenters. The maximum absolute atomic E-state index is 12.7. The Hall–Kier alpha value is -3.41. The zero-order valence-corrected chi connectivity index (χ0v) is 14.5. The van der Waals surface area contributed by atoms with Crippen molar-refractivity contribution in [1.82, 2.24) is 4.90 Å². The fourth-order valence-corrected chi connectivity index (χ4v) is 3.24. The van der Waals surface area contributed by atoms with Gasteiger partial charge in [0.1, 0.15) is 5.76 Å². The van der Waals surface area contributed by atoms with E-state index in [1.807, 2.05) is 6.07 Å². The molecule has 27 heavy (non-hydrogen) atoms. The van der Waals surface area contributed by atoms with E-state index in [0.717, 1.165) is 0 Å². The second-order valence-corrected chi connectivity index (χ2v) is 6.27. The monoisotopic (exact) mass is 365 g/mol. The van der Waals surface area contributed by atoms with Crippen molar-refractivity contribution in [3.63, 3.8) is 0 Å². The Morgan fingerprint density at radius 1 is 0.926 bits per heavy atom. The Morgan fingerprint density at radius 2 is 1.52 bits per heavy atom. The van der Waals surface area contributed by atoms with E-state index in [1.54, 1.807) is 54.6 Å². The van der Waals surface area contributed by atoms with Gasteiger partial charge in [-0.2, -0.15) is 0 Å². The molecule has 2 aromatic carbocycles. The lowest BCUT2D eigenvalue weighted by Crippen LogP contribution is -2.31. The fourth-order valence-electron chi connectivity index (χ4n) is 3.24. The SMILES string of the molecule is O=C(O)CCCN1C(=O)C(=O)/C(=C(/O)c2ccccc2)[C@H]1c1ccccc1. The molecule has 0 radical (unpaired) electrons. The highest BCUT2D eigenvalue weighted by molar-refractivity contribution is 6.46. The first-order valence-corrected chi connectivity index (χ1v) is 8.61. The molecule has 6 heteroatoms. The number of carboxylic acid groups (broad SMARTS) is 1. The molecular weight excluding hydrogens is 346 g/mol. The lowest BCUT2D eigenvalue weighted by atomic mass is 9.95. The number of nitrogens with zero attached hydrogens (tertiary/aromatic N) is 1. The van der Waals surface area contributed by atoms with Crippen molar-refractivity contribution in [2.45, 2.75) is 18.9 Å². The Kier molecular flexibility index (Phi) is 5.35. The lowest BCUT2D eigenvalue weighted by molar-refractivity contribution is -0.140. The van der Waals surface area contributed by atoms with E-state index in [1.165, 1.54) is 4.90 Å². The molecule has 138 valence electrons. The van der Waals surface area contributed by atoms with Gasteiger partial charge in [-0.25, -0.2) is 0 Å². The molecule has 2 aromatic rings. The smallest absolute Gasteiger partial charge is 0.303 e. The molecule has 0 aromatic heterocycles. The summed E-state index contributed by atoms with van der Waals surface area (Å²) in [6.45, 7) is 0.113. The van der Waals surface area contributed by atoms with Crippen LogP contribution in [0.15, 0.2) is 66.2 Å². The van der Waals surface area contributed by atoms with Gasteiger partial charge in [0.15, 0.2) is 0 Å². The zero-order valence-electron chi connectivity index (χ0n) is 14.5. The maximum atomic E-state index is 12.7. The lowest BCUT2D eigenvalue weighted by Gasteiger charge is -2.25. The highest BCUT2D eigenvalue weighted by atomic mass is 16.4. The van der Waals surface area contributed by atoms with Gasteiger partial charge in [-0.15, -0.1) is 0 Å². The second-order valence-electron chi connectivity index (χ2n) is 6.27. The van der Waals surface area contributed by atoms with Gasteiger partial charge in [0.25, 0.3) is 11.7 Å². The van der Waals surface area contributed by atoms with Crippen LogP contribution in [0, 0.1) is 0 Å². The minimum atomic E-state index is -0.966. The van der Waals surface area contributed by atoms with Gasteiger partial charge in [-0.05, 0) is 12.0 Å². The summed E-state index contributed by atoms with van der Waals surface area (Å²) in [6, 6.07) is 16.8. The number of Topliss-reactive ketones (excluding diaryl/α,β-unsaturated/α-hetero) is 1. The van der Waals surface area contributed by atoms with Gasteiger partial charge in [0.2, 0.25) is 0 Å². The largest absolute Gasteiger partial charge is 0.507 e. The Bertz CT molecular complexity index is 889. The van der Waals surface area contributed by atoms with Crippen LogP contribution in [0.1, 0.15) is 30.0 Å². The van der Waals surface area contributed by atoms with E-state index in [9.17, 15) is 19.5 Å². The molecule has 0 saturated carbocycles. The number of hydrogen-bond acceptors (Lipinski definition) is 4. The number of aliphatic hydroxyl groups excluding tert-OH is 1. The highest BCUT2D eigenvalue weighted by Gasteiger charge is 2.45. The third-order valence-corrected chi connectivity index (χ3v) is 4.49. The predicted octanol–water partition coefficient (Wildman–Crippen LogP) is 2.97. The maximum Gasteiger partial charge on any atom is 0.303 e. The van der Waals surface area contributed by atoms with Crippen LogP contribution in [-0.2, 0) is 14.4 Å². The van der Waals surface area contributed by atoms with Crippen LogP contribution < -0.4 is 0 Å². The van der Waals surface area contributed by atoms with Crippen LogP contribution in [0.4, 0.5) is 0 Å². The second kappa shape index (κ2) is 7.86. The minimum absolute atomic E-state index is 0.0210. The minimum Gasteiger partial charge on any atom is -0.507 e. The number of carboxylic acids is 1. The molecule has 1 fully saturated rings. The first-order chi connectivity index (χ1) is 13.0.